The van der Waals surface area contributed by atoms with Crippen molar-refractivity contribution in [3.8, 4) is 0 Å². The molecule has 0 saturated heterocycles. The van der Waals surface area contributed by atoms with Gasteiger partial charge in [-0.2, -0.15) is 4.72 Å². The number of aryl methyl sites for hydroxylation is 1. The van der Waals surface area contributed by atoms with E-state index in [1.807, 2.05) is 5.38 Å². The van der Waals surface area contributed by atoms with Gasteiger partial charge in [0.1, 0.15) is 5.01 Å². The Morgan fingerprint density at radius 1 is 1.38 bits per heavy atom. The first-order chi connectivity index (χ1) is 9.63. The Morgan fingerprint density at radius 3 is 2.62 bits per heavy atom. The van der Waals surface area contributed by atoms with Crippen LogP contribution in [0.5, 0.6) is 0 Å². The molecule has 0 aliphatic carbocycles. The summed E-state index contributed by atoms with van der Waals surface area (Å²) in [6, 6.07) is 3.15. The Bertz CT molecular complexity index is 756. The maximum absolute atomic E-state index is 12.6. The highest BCUT2D eigenvalue weighted by atomic mass is 79.9. The minimum atomic E-state index is -3.70. The van der Waals surface area contributed by atoms with Crippen LogP contribution < -0.4 is 10.5 Å². The molecule has 1 aromatic carbocycles. The van der Waals surface area contributed by atoms with Gasteiger partial charge in [0.2, 0.25) is 10.0 Å². The molecule has 0 bridgehead atoms. The van der Waals surface area contributed by atoms with E-state index in [9.17, 15) is 8.42 Å². The lowest BCUT2D eigenvalue weighted by Crippen LogP contribution is -2.41. The number of sulfonamides is 1. The summed E-state index contributed by atoms with van der Waals surface area (Å²) in [7, 11) is -3.70. The second-order valence-corrected chi connectivity index (χ2v) is 8.61. The number of nitrogens with two attached hydrogens (primary N) is 1. The van der Waals surface area contributed by atoms with Crippen LogP contribution in [0.15, 0.2) is 33.1 Å². The van der Waals surface area contributed by atoms with Gasteiger partial charge in [0, 0.05) is 21.7 Å². The van der Waals surface area contributed by atoms with Crippen LogP contribution in [0.2, 0.25) is 0 Å². The summed E-state index contributed by atoms with van der Waals surface area (Å²) in [6.45, 7) is 5.29. The van der Waals surface area contributed by atoms with Crippen LogP contribution in [0.4, 0.5) is 5.69 Å². The number of rotatable bonds is 4. The van der Waals surface area contributed by atoms with Gasteiger partial charge in [-0.3, -0.25) is 0 Å². The van der Waals surface area contributed by atoms with Crippen molar-refractivity contribution in [2.45, 2.75) is 31.2 Å². The minimum absolute atomic E-state index is 0.174. The summed E-state index contributed by atoms with van der Waals surface area (Å²) in [5, 5.41) is 2.52. The molecular formula is C13H16BrN3O2S2. The van der Waals surface area contributed by atoms with Crippen LogP contribution >= 0.6 is 27.3 Å². The summed E-state index contributed by atoms with van der Waals surface area (Å²) in [5.41, 5.74) is 6.01. The highest BCUT2D eigenvalue weighted by Crippen LogP contribution is 2.29. The predicted octanol–water partition coefficient (Wildman–Crippen LogP) is 3.01. The van der Waals surface area contributed by atoms with Crippen LogP contribution in [-0.2, 0) is 15.6 Å². The first-order valence-electron chi connectivity index (χ1n) is 6.13. The second kappa shape index (κ2) is 5.68. The molecule has 0 aliphatic heterocycles. The molecule has 1 heterocycles. The number of thiazole rings is 1. The number of nitrogens with one attached hydrogen (secondary N) is 1. The maximum Gasteiger partial charge on any atom is 0.241 e. The van der Waals surface area contributed by atoms with Crippen molar-refractivity contribution in [1.82, 2.24) is 9.71 Å². The van der Waals surface area contributed by atoms with Gasteiger partial charge in [-0.05, 0) is 54.4 Å². The molecule has 3 N–H and O–H groups in total. The number of halogens is 1. The number of hydrogen-bond donors (Lipinski definition) is 2. The maximum atomic E-state index is 12.6. The number of nitrogen functional groups attached to an aromatic ring is 1. The molecule has 1 aromatic heterocycles. The molecule has 0 aliphatic rings. The highest BCUT2D eigenvalue weighted by Gasteiger charge is 2.31. The van der Waals surface area contributed by atoms with E-state index in [0.717, 1.165) is 0 Å². The van der Waals surface area contributed by atoms with Crippen molar-refractivity contribution in [2.75, 3.05) is 5.73 Å². The van der Waals surface area contributed by atoms with Crippen molar-refractivity contribution in [1.29, 1.82) is 0 Å². The topological polar surface area (TPSA) is 85.1 Å². The number of nitrogens with zero attached hydrogens (tertiary/aromatic N) is 1. The Balaban J connectivity index is 2.42. The lowest BCUT2D eigenvalue weighted by molar-refractivity contribution is 0.469. The van der Waals surface area contributed by atoms with E-state index in [0.29, 0.717) is 20.7 Å². The van der Waals surface area contributed by atoms with Gasteiger partial charge in [0.15, 0.2) is 0 Å². The summed E-state index contributed by atoms with van der Waals surface area (Å²) < 4.78 is 28.6. The molecule has 21 heavy (non-hydrogen) atoms. The first kappa shape index (κ1) is 16.4. The summed E-state index contributed by atoms with van der Waals surface area (Å²) in [5.74, 6) is 0. The van der Waals surface area contributed by atoms with Crippen LogP contribution in [0.3, 0.4) is 0 Å². The summed E-state index contributed by atoms with van der Waals surface area (Å²) in [6.07, 6.45) is 1.65. The van der Waals surface area contributed by atoms with Gasteiger partial charge >= 0.3 is 0 Å². The zero-order valence-corrected chi connectivity index (χ0v) is 15.1. The fourth-order valence-electron chi connectivity index (χ4n) is 1.92. The van der Waals surface area contributed by atoms with Gasteiger partial charge in [-0.1, -0.05) is 0 Å². The van der Waals surface area contributed by atoms with E-state index in [1.165, 1.54) is 17.4 Å². The molecule has 2 rings (SSSR count). The van der Waals surface area contributed by atoms with Gasteiger partial charge in [-0.15, -0.1) is 11.3 Å². The average Bonchev–Trinajstić information content (AvgIpc) is 2.86. The molecule has 0 radical (unpaired) electrons. The normalized spacial score (nSPS) is 12.6. The number of hydrogen-bond acceptors (Lipinski definition) is 5. The molecule has 5 nitrogen and oxygen atoms in total. The highest BCUT2D eigenvalue weighted by molar-refractivity contribution is 9.10. The Hall–Kier alpha value is -0.960. The molecular weight excluding hydrogens is 374 g/mol. The molecule has 8 heteroatoms. The molecule has 0 fully saturated rings. The van der Waals surface area contributed by atoms with Crippen LogP contribution in [0, 0.1) is 6.92 Å². The molecule has 0 unspecified atom stereocenters. The fraction of sp³-hybridized carbons (Fsp3) is 0.308. The fourth-order valence-corrected chi connectivity index (χ4v) is 4.81. The van der Waals surface area contributed by atoms with Crippen LogP contribution in [-0.4, -0.2) is 13.4 Å². The quantitative estimate of drug-likeness (QED) is 0.786. The molecule has 0 atom stereocenters. The largest absolute Gasteiger partial charge is 0.398 e. The number of aromatic nitrogens is 1. The number of anilines is 1. The SMILES string of the molecule is Cc1cc(Br)c(N)cc1S(=O)(=O)NC(C)(C)c1nccs1. The number of benzene rings is 1. The predicted molar refractivity (Wildman–Crippen MR) is 88.8 cm³/mol. The third kappa shape index (κ3) is 3.45. The molecule has 0 spiro atoms. The van der Waals surface area contributed by atoms with E-state index in [2.05, 4.69) is 25.6 Å². The Morgan fingerprint density at radius 2 is 2.05 bits per heavy atom. The third-order valence-corrected chi connectivity index (χ3v) is 6.52. The smallest absolute Gasteiger partial charge is 0.241 e. The molecule has 0 amide bonds. The van der Waals surface area contributed by atoms with Crippen molar-refractivity contribution in [2.24, 2.45) is 0 Å². The van der Waals surface area contributed by atoms with Crippen molar-refractivity contribution in [3.05, 3.63) is 38.8 Å². The zero-order chi connectivity index (χ0) is 15.8. The summed E-state index contributed by atoms with van der Waals surface area (Å²) in [4.78, 5) is 4.35. The van der Waals surface area contributed by atoms with E-state index < -0.39 is 15.6 Å². The van der Waals surface area contributed by atoms with Crippen LogP contribution in [0.25, 0.3) is 0 Å². The van der Waals surface area contributed by atoms with E-state index in [1.54, 1.807) is 33.0 Å². The minimum Gasteiger partial charge on any atom is -0.398 e. The lowest BCUT2D eigenvalue weighted by atomic mass is 10.1. The molecule has 2 aromatic rings. The summed E-state index contributed by atoms with van der Waals surface area (Å²) >= 11 is 4.70. The van der Waals surface area contributed by atoms with Crippen LogP contribution in [0.1, 0.15) is 24.4 Å². The zero-order valence-electron chi connectivity index (χ0n) is 11.8. The third-order valence-electron chi connectivity index (χ3n) is 2.94. The monoisotopic (exact) mass is 389 g/mol. The van der Waals surface area contributed by atoms with Crippen molar-refractivity contribution >= 4 is 43.0 Å². The van der Waals surface area contributed by atoms with E-state index >= 15 is 0 Å². The van der Waals surface area contributed by atoms with E-state index in [-0.39, 0.29) is 4.90 Å². The van der Waals surface area contributed by atoms with Gasteiger partial charge < -0.3 is 5.73 Å². The van der Waals surface area contributed by atoms with Gasteiger partial charge in [-0.25, -0.2) is 13.4 Å². The first-order valence-corrected chi connectivity index (χ1v) is 9.28. The average molecular weight is 390 g/mol. The Labute approximate surface area is 136 Å². The van der Waals surface area contributed by atoms with Crippen molar-refractivity contribution < 1.29 is 8.42 Å². The standard InChI is InChI=1S/C13H16BrN3O2S2/c1-8-6-9(14)10(15)7-11(8)21(18,19)17-13(2,3)12-16-4-5-20-12/h4-7,17H,15H2,1-3H3. The van der Waals surface area contributed by atoms with Gasteiger partial charge in [0.05, 0.1) is 10.4 Å². The second-order valence-electron chi connectivity index (χ2n) is 5.21. The van der Waals surface area contributed by atoms with Gasteiger partial charge in [0.25, 0.3) is 0 Å². The molecule has 114 valence electrons. The van der Waals surface area contributed by atoms with Crippen molar-refractivity contribution in [3.63, 3.8) is 0 Å². The molecule has 0 saturated carbocycles. The lowest BCUT2D eigenvalue weighted by Gasteiger charge is -2.24. The van der Waals surface area contributed by atoms with E-state index in [4.69, 9.17) is 5.73 Å². The Kier molecular flexibility index (Phi) is 4.44.